The molecule has 6 nitrogen and oxygen atoms in total. The minimum absolute atomic E-state index is 0.0185. The molecule has 1 aromatic carbocycles. The van der Waals surface area contributed by atoms with Gasteiger partial charge in [-0.05, 0) is 31.7 Å². The molecule has 0 aliphatic carbocycles. The molecule has 0 spiro atoms. The van der Waals surface area contributed by atoms with Gasteiger partial charge in [-0.3, -0.25) is 14.6 Å². The van der Waals surface area contributed by atoms with Crippen LogP contribution in [0.1, 0.15) is 59.9 Å². The number of aryl methyl sites for hydroxylation is 1. The fourth-order valence-electron chi connectivity index (χ4n) is 4.25. The molecule has 0 saturated carbocycles. The summed E-state index contributed by atoms with van der Waals surface area (Å²) in [7, 11) is 0. The molecule has 2 aliphatic rings. The molecule has 2 aromatic rings. The first-order valence-corrected chi connectivity index (χ1v) is 9.59. The van der Waals surface area contributed by atoms with E-state index in [-0.39, 0.29) is 29.9 Å². The lowest BCUT2D eigenvalue weighted by molar-refractivity contribution is -0.122. The van der Waals surface area contributed by atoms with Crippen LogP contribution in [0.5, 0.6) is 0 Å². The molecule has 3 heterocycles. The van der Waals surface area contributed by atoms with Crippen LogP contribution in [0.3, 0.4) is 0 Å². The van der Waals surface area contributed by atoms with E-state index in [2.05, 4.69) is 15.3 Å². The number of hydrogen-bond donors (Lipinski definition) is 1. The van der Waals surface area contributed by atoms with Crippen LogP contribution in [0.2, 0.25) is 0 Å². The van der Waals surface area contributed by atoms with Crippen LogP contribution in [0.25, 0.3) is 0 Å². The molecule has 27 heavy (non-hydrogen) atoms. The van der Waals surface area contributed by atoms with Crippen molar-refractivity contribution in [2.45, 2.75) is 57.2 Å². The Morgan fingerprint density at radius 2 is 1.96 bits per heavy atom. The first-order chi connectivity index (χ1) is 13.1. The van der Waals surface area contributed by atoms with Crippen LogP contribution in [0.4, 0.5) is 0 Å². The number of fused-ring (bicyclic) bond motifs is 1. The Labute approximate surface area is 159 Å². The van der Waals surface area contributed by atoms with E-state index in [1.807, 2.05) is 42.2 Å². The molecule has 1 aromatic heterocycles. The topological polar surface area (TPSA) is 75.2 Å². The summed E-state index contributed by atoms with van der Waals surface area (Å²) >= 11 is 0. The lowest BCUT2D eigenvalue weighted by Crippen LogP contribution is -2.48. The van der Waals surface area contributed by atoms with Crippen LogP contribution in [0, 0.1) is 6.92 Å². The van der Waals surface area contributed by atoms with Crippen LogP contribution in [-0.2, 0) is 4.79 Å². The lowest BCUT2D eigenvalue weighted by atomic mass is 9.97. The van der Waals surface area contributed by atoms with Gasteiger partial charge in [0.05, 0.1) is 30.0 Å². The van der Waals surface area contributed by atoms with Crippen molar-refractivity contribution in [1.29, 1.82) is 0 Å². The van der Waals surface area contributed by atoms with E-state index in [0.717, 1.165) is 36.9 Å². The number of aromatic nitrogens is 2. The van der Waals surface area contributed by atoms with Gasteiger partial charge in [0.1, 0.15) is 5.69 Å². The van der Waals surface area contributed by atoms with Crippen molar-refractivity contribution in [2.24, 2.45) is 0 Å². The molecule has 0 bridgehead atoms. The molecule has 1 N–H and O–H groups in total. The van der Waals surface area contributed by atoms with Crippen molar-refractivity contribution >= 4 is 11.8 Å². The molecule has 2 saturated heterocycles. The van der Waals surface area contributed by atoms with Gasteiger partial charge in [0.15, 0.2) is 0 Å². The predicted molar refractivity (Wildman–Crippen MR) is 101 cm³/mol. The predicted octanol–water partition coefficient (Wildman–Crippen LogP) is 2.80. The van der Waals surface area contributed by atoms with E-state index in [4.69, 9.17) is 0 Å². The second kappa shape index (κ2) is 7.47. The monoisotopic (exact) mass is 364 g/mol. The van der Waals surface area contributed by atoms with E-state index in [1.165, 1.54) is 0 Å². The Morgan fingerprint density at radius 3 is 2.70 bits per heavy atom. The van der Waals surface area contributed by atoms with Gasteiger partial charge in [0.2, 0.25) is 5.91 Å². The van der Waals surface area contributed by atoms with E-state index < -0.39 is 0 Å². The van der Waals surface area contributed by atoms with Crippen molar-refractivity contribution < 1.29 is 9.59 Å². The van der Waals surface area contributed by atoms with Gasteiger partial charge in [-0.1, -0.05) is 36.8 Å². The van der Waals surface area contributed by atoms with E-state index >= 15 is 0 Å². The van der Waals surface area contributed by atoms with Crippen molar-refractivity contribution in [3.63, 3.8) is 0 Å². The molecule has 2 fully saturated rings. The van der Waals surface area contributed by atoms with Crippen molar-refractivity contribution in [3.8, 4) is 0 Å². The van der Waals surface area contributed by atoms with Crippen molar-refractivity contribution in [1.82, 2.24) is 20.2 Å². The highest BCUT2D eigenvalue weighted by molar-refractivity contribution is 5.93. The molecule has 3 atom stereocenters. The third-order valence-corrected chi connectivity index (χ3v) is 5.55. The summed E-state index contributed by atoms with van der Waals surface area (Å²) in [5.74, 6) is -0.0281. The smallest absolute Gasteiger partial charge is 0.274 e. The first-order valence-electron chi connectivity index (χ1n) is 9.59. The highest BCUT2D eigenvalue weighted by Crippen LogP contribution is 2.39. The van der Waals surface area contributed by atoms with Crippen LogP contribution < -0.4 is 5.32 Å². The van der Waals surface area contributed by atoms with Gasteiger partial charge in [-0.25, -0.2) is 4.98 Å². The average Bonchev–Trinajstić information content (AvgIpc) is 3.01. The summed E-state index contributed by atoms with van der Waals surface area (Å²) < 4.78 is 0. The Hall–Kier alpha value is -2.76. The van der Waals surface area contributed by atoms with Crippen LogP contribution in [0.15, 0.2) is 42.7 Å². The Bertz CT molecular complexity index is 822. The maximum absolute atomic E-state index is 13.4. The maximum atomic E-state index is 13.4. The van der Waals surface area contributed by atoms with E-state index in [9.17, 15) is 9.59 Å². The number of carbonyl (C=O) groups excluding carboxylic acids is 2. The largest absolute Gasteiger partial charge is 0.351 e. The molecule has 2 aliphatic heterocycles. The van der Waals surface area contributed by atoms with Gasteiger partial charge in [0, 0.05) is 12.6 Å². The third-order valence-electron chi connectivity index (χ3n) is 5.55. The summed E-state index contributed by atoms with van der Waals surface area (Å²) in [6.07, 6.45) is 7.16. The zero-order valence-electron chi connectivity index (χ0n) is 15.5. The van der Waals surface area contributed by atoms with Gasteiger partial charge < -0.3 is 10.2 Å². The minimum atomic E-state index is -0.112. The number of nitrogens with one attached hydrogen (secondary N) is 1. The molecule has 4 rings (SSSR count). The van der Waals surface area contributed by atoms with Crippen LogP contribution >= 0.6 is 0 Å². The quantitative estimate of drug-likeness (QED) is 0.889. The first kappa shape index (κ1) is 17.6. The SMILES string of the molecule is Cc1cnc(C(=O)N2[C@H](c3ccccc3)C[C@H]3NC(=O)CCCC[C@@H]32)cn1. The van der Waals surface area contributed by atoms with Gasteiger partial charge in [-0.2, -0.15) is 0 Å². The Morgan fingerprint density at radius 1 is 1.15 bits per heavy atom. The number of carbonyl (C=O) groups is 2. The number of nitrogens with zero attached hydrogens (tertiary/aromatic N) is 3. The third kappa shape index (κ3) is 3.56. The van der Waals surface area contributed by atoms with Crippen LogP contribution in [-0.4, -0.2) is 38.8 Å². The number of rotatable bonds is 2. The number of benzene rings is 1. The van der Waals surface area contributed by atoms with Crippen molar-refractivity contribution in [3.05, 3.63) is 59.7 Å². The highest BCUT2D eigenvalue weighted by atomic mass is 16.2. The summed E-state index contributed by atoms with van der Waals surface area (Å²) in [5, 5.41) is 3.16. The summed E-state index contributed by atoms with van der Waals surface area (Å²) in [4.78, 5) is 36.0. The second-order valence-corrected chi connectivity index (χ2v) is 7.40. The molecule has 0 radical (unpaired) electrons. The standard InChI is InChI=1S/C21H24N4O2/c1-14-12-23-17(13-22-14)21(27)25-18-9-5-6-10-20(26)24-16(18)11-19(25)15-7-3-2-4-8-15/h2-4,7-8,12-13,16,18-19H,5-6,9-11H2,1H3,(H,24,26)/t16-,18+,19+/m1/s1. The van der Waals surface area contributed by atoms with Gasteiger partial charge in [0.25, 0.3) is 5.91 Å². The summed E-state index contributed by atoms with van der Waals surface area (Å²) in [5.41, 5.74) is 2.23. The van der Waals surface area contributed by atoms with Gasteiger partial charge in [-0.15, -0.1) is 0 Å². The van der Waals surface area contributed by atoms with Gasteiger partial charge >= 0.3 is 0 Å². The molecule has 2 amide bonds. The molecule has 140 valence electrons. The zero-order chi connectivity index (χ0) is 18.8. The lowest BCUT2D eigenvalue weighted by Gasteiger charge is -2.32. The summed E-state index contributed by atoms with van der Waals surface area (Å²) in [6.45, 7) is 1.85. The number of amides is 2. The zero-order valence-corrected chi connectivity index (χ0v) is 15.5. The Kier molecular flexibility index (Phi) is 4.88. The summed E-state index contributed by atoms with van der Waals surface area (Å²) in [6, 6.07) is 9.93. The normalized spacial score (nSPS) is 25.3. The Balaban J connectivity index is 1.71. The number of hydrogen-bond acceptors (Lipinski definition) is 4. The van der Waals surface area contributed by atoms with E-state index in [1.54, 1.807) is 12.4 Å². The molecule has 6 heteroatoms. The maximum Gasteiger partial charge on any atom is 0.274 e. The molecular formula is C21H24N4O2. The number of likely N-dealkylation sites (tertiary alicyclic amines) is 1. The fourth-order valence-corrected chi connectivity index (χ4v) is 4.25. The molecule has 0 unspecified atom stereocenters. The second-order valence-electron chi connectivity index (χ2n) is 7.40. The van der Waals surface area contributed by atoms with E-state index in [0.29, 0.717) is 12.1 Å². The fraction of sp³-hybridized carbons (Fsp3) is 0.429. The highest BCUT2D eigenvalue weighted by Gasteiger charge is 2.45. The van der Waals surface area contributed by atoms with Crippen molar-refractivity contribution in [2.75, 3.05) is 0 Å². The average molecular weight is 364 g/mol. The molecular weight excluding hydrogens is 340 g/mol. The minimum Gasteiger partial charge on any atom is -0.351 e.